The Labute approximate surface area is 145 Å². The predicted molar refractivity (Wildman–Crippen MR) is 92.3 cm³/mol. The quantitative estimate of drug-likeness (QED) is 0.874. The molecule has 0 amide bonds. The van der Waals surface area contributed by atoms with Gasteiger partial charge in [0.05, 0.1) is 5.92 Å². The van der Waals surface area contributed by atoms with Crippen LogP contribution in [0.3, 0.4) is 0 Å². The van der Waals surface area contributed by atoms with E-state index in [0.29, 0.717) is 28.6 Å². The van der Waals surface area contributed by atoms with E-state index in [9.17, 15) is 9.90 Å². The van der Waals surface area contributed by atoms with E-state index in [1.807, 2.05) is 31.3 Å². The maximum Gasteiger partial charge on any atom is 0.311 e. The van der Waals surface area contributed by atoms with Crippen LogP contribution < -0.4 is 10.1 Å². The summed E-state index contributed by atoms with van der Waals surface area (Å²) in [6, 6.07) is 12.7. The number of hydrogen-bond donors (Lipinski definition) is 2. The fourth-order valence-corrected chi connectivity index (χ4v) is 3.18. The van der Waals surface area contributed by atoms with E-state index in [0.717, 1.165) is 5.56 Å². The van der Waals surface area contributed by atoms with Gasteiger partial charge in [0, 0.05) is 28.6 Å². The first-order valence-corrected chi connectivity index (χ1v) is 7.43. The van der Waals surface area contributed by atoms with Gasteiger partial charge in [-0.05, 0) is 31.3 Å². The van der Waals surface area contributed by atoms with Gasteiger partial charge in [0.2, 0.25) is 0 Å². The molecule has 1 aliphatic rings. The molecule has 1 heterocycles. The molecular formula is C17H17Cl2NO3. The highest BCUT2D eigenvalue weighted by Gasteiger charge is 2.37. The minimum Gasteiger partial charge on any atom is -0.481 e. The molecule has 0 radical (unpaired) electrons. The molecule has 0 saturated heterocycles. The van der Waals surface area contributed by atoms with Crippen LogP contribution in [-0.4, -0.2) is 24.7 Å². The van der Waals surface area contributed by atoms with Crippen LogP contribution in [0.4, 0.5) is 0 Å². The van der Waals surface area contributed by atoms with E-state index in [1.54, 1.807) is 18.2 Å². The Bertz CT molecular complexity index is 721. The van der Waals surface area contributed by atoms with E-state index >= 15 is 0 Å². The van der Waals surface area contributed by atoms with Gasteiger partial charge in [0.25, 0.3) is 0 Å². The molecule has 6 heteroatoms. The number of fused-ring (bicyclic) bond motifs is 2. The van der Waals surface area contributed by atoms with Crippen molar-refractivity contribution >= 4 is 30.0 Å². The van der Waals surface area contributed by atoms with Crippen LogP contribution in [0.25, 0.3) is 0 Å². The zero-order valence-corrected chi connectivity index (χ0v) is 14.0. The van der Waals surface area contributed by atoms with Gasteiger partial charge in [0.15, 0.2) is 0 Å². The molecule has 2 aromatic rings. The van der Waals surface area contributed by atoms with Gasteiger partial charge in [-0.1, -0.05) is 29.8 Å². The second-order valence-electron chi connectivity index (χ2n) is 5.30. The molecule has 3 rings (SSSR count). The summed E-state index contributed by atoms with van der Waals surface area (Å²) >= 11 is 6.07. The van der Waals surface area contributed by atoms with Gasteiger partial charge in [-0.3, -0.25) is 4.79 Å². The van der Waals surface area contributed by atoms with Crippen molar-refractivity contribution in [2.45, 2.75) is 11.8 Å². The molecule has 4 nitrogen and oxygen atoms in total. The second-order valence-corrected chi connectivity index (χ2v) is 5.74. The Morgan fingerprint density at radius 3 is 2.61 bits per heavy atom. The summed E-state index contributed by atoms with van der Waals surface area (Å²) < 4.78 is 5.96. The zero-order chi connectivity index (χ0) is 15.7. The highest BCUT2D eigenvalue weighted by molar-refractivity contribution is 6.30. The van der Waals surface area contributed by atoms with Crippen LogP contribution in [0.1, 0.15) is 23.0 Å². The lowest BCUT2D eigenvalue weighted by Crippen LogP contribution is -2.27. The van der Waals surface area contributed by atoms with Crippen molar-refractivity contribution < 1.29 is 14.6 Å². The molecule has 2 N–H and O–H groups in total. The smallest absolute Gasteiger partial charge is 0.311 e. The van der Waals surface area contributed by atoms with E-state index in [4.69, 9.17) is 16.3 Å². The van der Waals surface area contributed by atoms with E-state index in [1.165, 1.54) is 0 Å². The van der Waals surface area contributed by atoms with Crippen molar-refractivity contribution in [1.82, 2.24) is 5.32 Å². The van der Waals surface area contributed by atoms with Crippen molar-refractivity contribution in [3.63, 3.8) is 0 Å². The third kappa shape index (κ3) is 3.29. The molecule has 2 atom stereocenters. The Balaban J connectivity index is 0.00000192. The van der Waals surface area contributed by atoms with Crippen molar-refractivity contribution in [2.75, 3.05) is 13.6 Å². The summed E-state index contributed by atoms with van der Waals surface area (Å²) in [4.78, 5) is 11.9. The van der Waals surface area contributed by atoms with Crippen molar-refractivity contribution in [2.24, 2.45) is 0 Å². The molecule has 122 valence electrons. The van der Waals surface area contributed by atoms with Gasteiger partial charge in [0.1, 0.15) is 11.5 Å². The Morgan fingerprint density at radius 2 is 1.91 bits per heavy atom. The predicted octanol–water partition coefficient (Wildman–Crippen LogP) is 4.04. The first-order valence-electron chi connectivity index (χ1n) is 7.05. The average molecular weight is 354 g/mol. The molecule has 0 aromatic heterocycles. The van der Waals surface area contributed by atoms with Crippen LogP contribution in [0, 0.1) is 0 Å². The molecule has 0 saturated carbocycles. The summed E-state index contributed by atoms with van der Waals surface area (Å²) in [5.41, 5.74) is 1.49. The van der Waals surface area contributed by atoms with E-state index < -0.39 is 11.9 Å². The summed E-state index contributed by atoms with van der Waals surface area (Å²) in [7, 11) is 1.81. The first-order chi connectivity index (χ1) is 10.6. The number of para-hydroxylation sites is 1. The zero-order valence-electron chi connectivity index (χ0n) is 12.5. The van der Waals surface area contributed by atoms with Crippen LogP contribution in [0.2, 0.25) is 5.02 Å². The highest BCUT2D eigenvalue weighted by Crippen LogP contribution is 2.46. The molecule has 0 aliphatic carbocycles. The van der Waals surface area contributed by atoms with Gasteiger partial charge in [-0.15, -0.1) is 12.4 Å². The van der Waals surface area contributed by atoms with E-state index in [2.05, 4.69) is 5.32 Å². The summed E-state index contributed by atoms with van der Waals surface area (Å²) in [5.74, 6) is -0.606. The highest BCUT2D eigenvalue weighted by atomic mass is 35.5. The van der Waals surface area contributed by atoms with Crippen LogP contribution >= 0.6 is 24.0 Å². The topological polar surface area (TPSA) is 58.6 Å². The van der Waals surface area contributed by atoms with Gasteiger partial charge >= 0.3 is 5.97 Å². The minimum atomic E-state index is -0.885. The van der Waals surface area contributed by atoms with Crippen LogP contribution in [-0.2, 0) is 4.79 Å². The first kappa shape index (κ1) is 17.6. The van der Waals surface area contributed by atoms with Gasteiger partial charge in [-0.2, -0.15) is 0 Å². The van der Waals surface area contributed by atoms with Crippen molar-refractivity contribution in [3.8, 4) is 11.5 Å². The number of carbonyl (C=O) groups is 1. The lowest BCUT2D eigenvalue weighted by molar-refractivity contribution is -0.139. The molecule has 2 aromatic carbocycles. The summed E-state index contributed by atoms with van der Waals surface area (Å²) in [6.45, 7) is 0.531. The molecular weight excluding hydrogens is 337 g/mol. The molecule has 23 heavy (non-hydrogen) atoms. The number of nitrogens with one attached hydrogen (secondary N) is 1. The monoisotopic (exact) mass is 353 g/mol. The third-order valence-electron chi connectivity index (χ3n) is 3.94. The molecule has 0 bridgehead atoms. The fraction of sp³-hybridized carbons (Fsp3) is 0.235. The molecule has 0 unspecified atom stereocenters. The minimum absolute atomic E-state index is 0. The SMILES string of the molecule is CNC[C@H]1c2ccccc2Oc2ccc(Cl)cc2[C@@H]1C(=O)O.Cl. The molecule has 0 spiro atoms. The number of halogens is 2. The maximum absolute atomic E-state index is 11.9. The third-order valence-corrected chi connectivity index (χ3v) is 4.17. The van der Waals surface area contributed by atoms with Crippen LogP contribution in [0.15, 0.2) is 42.5 Å². The lowest BCUT2D eigenvalue weighted by atomic mass is 9.81. The Morgan fingerprint density at radius 1 is 1.22 bits per heavy atom. The maximum atomic E-state index is 11.9. The Kier molecular flexibility index (Phi) is 5.52. The number of hydrogen-bond acceptors (Lipinski definition) is 3. The Hall–Kier alpha value is -1.75. The summed E-state index contributed by atoms with van der Waals surface area (Å²) in [5, 5.41) is 13.4. The standard InChI is InChI=1S/C17H16ClNO3.ClH/c1-19-9-13-11-4-2-3-5-14(11)22-15-7-6-10(18)8-12(15)16(13)17(20)21;/h2-8,13,16,19H,9H2,1H3,(H,20,21);1H/t13-,16-;/m0./s1. The fourth-order valence-electron chi connectivity index (χ4n) is 3.00. The largest absolute Gasteiger partial charge is 0.481 e. The molecule has 0 fully saturated rings. The average Bonchev–Trinajstić information content (AvgIpc) is 2.62. The number of likely N-dealkylation sites (N-methyl/N-ethyl adjacent to an activating group) is 1. The number of carboxylic acid groups (broad SMARTS) is 1. The van der Waals surface area contributed by atoms with E-state index in [-0.39, 0.29) is 18.3 Å². The van der Waals surface area contributed by atoms with Gasteiger partial charge in [-0.25, -0.2) is 0 Å². The number of rotatable bonds is 3. The number of ether oxygens (including phenoxy) is 1. The number of carboxylic acids is 1. The number of benzene rings is 2. The second kappa shape index (κ2) is 7.21. The van der Waals surface area contributed by atoms with Crippen molar-refractivity contribution in [1.29, 1.82) is 0 Å². The lowest BCUT2D eigenvalue weighted by Gasteiger charge is -2.23. The normalized spacial score (nSPS) is 18.7. The summed E-state index contributed by atoms with van der Waals surface area (Å²) in [6.07, 6.45) is 0. The molecule has 1 aliphatic heterocycles. The van der Waals surface area contributed by atoms with Crippen LogP contribution in [0.5, 0.6) is 11.5 Å². The number of aliphatic carboxylic acids is 1. The van der Waals surface area contributed by atoms with Gasteiger partial charge < -0.3 is 15.2 Å². The van der Waals surface area contributed by atoms with Crippen molar-refractivity contribution in [3.05, 3.63) is 58.6 Å².